The van der Waals surface area contributed by atoms with Crippen LogP contribution in [0.25, 0.3) is 27.3 Å². The third-order valence-corrected chi connectivity index (χ3v) is 10.5. The molecule has 0 aliphatic carbocycles. The molecule has 1 amide bonds. The van der Waals surface area contributed by atoms with Crippen LogP contribution in [-0.4, -0.2) is 90.8 Å². The number of benzene rings is 3. The molecule has 250 valence electrons. The minimum atomic E-state index is -1.04. The van der Waals surface area contributed by atoms with Crippen molar-refractivity contribution in [3.05, 3.63) is 81.6 Å². The zero-order valence-corrected chi connectivity index (χ0v) is 29.2. The van der Waals surface area contributed by atoms with Crippen molar-refractivity contribution in [2.45, 2.75) is 13.3 Å². The van der Waals surface area contributed by atoms with Crippen LogP contribution in [0.3, 0.4) is 0 Å². The van der Waals surface area contributed by atoms with Crippen LogP contribution in [0.4, 0.5) is 0 Å². The standard InChI is InChI=1S/C36H36N2O7S3/c1-23-18-27-21-25(6-9-32(27)47-23)28-19-24(4-7-29(28)45-17-13-37-11-15-43-16-12-37)20-33-34(39)38(36(46)48-33)10-3-14-44-30-8-5-26(35(40)41)22-31(30)42-2/h4-9,18-22H,3,10-17H2,1-2H3,(H,40,41). The van der Waals surface area contributed by atoms with Gasteiger partial charge < -0.3 is 24.1 Å². The van der Waals surface area contributed by atoms with Crippen molar-refractivity contribution >= 4 is 67.7 Å². The minimum absolute atomic E-state index is 0.111. The minimum Gasteiger partial charge on any atom is -0.493 e. The van der Waals surface area contributed by atoms with E-state index in [4.69, 9.17) is 31.2 Å². The second-order valence-electron chi connectivity index (χ2n) is 11.4. The number of morpholine rings is 1. The Labute approximate surface area is 293 Å². The first kappa shape index (κ1) is 33.9. The zero-order valence-electron chi connectivity index (χ0n) is 26.7. The summed E-state index contributed by atoms with van der Waals surface area (Å²) in [6, 6.07) is 19.2. The molecular weight excluding hydrogens is 669 g/mol. The van der Waals surface area contributed by atoms with E-state index in [1.807, 2.05) is 18.2 Å². The van der Waals surface area contributed by atoms with Crippen molar-refractivity contribution in [3.8, 4) is 28.4 Å². The first-order valence-corrected chi connectivity index (χ1v) is 17.7. The summed E-state index contributed by atoms with van der Waals surface area (Å²) in [6.07, 6.45) is 2.41. The number of hydrogen-bond acceptors (Lipinski definition) is 10. The molecule has 4 aromatic rings. The zero-order chi connectivity index (χ0) is 33.6. The van der Waals surface area contributed by atoms with E-state index in [-0.39, 0.29) is 11.5 Å². The van der Waals surface area contributed by atoms with Gasteiger partial charge in [0.15, 0.2) is 11.5 Å². The maximum atomic E-state index is 13.4. The fourth-order valence-electron chi connectivity index (χ4n) is 5.61. The number of carbonyl (C=O) groups excluding carboxylic acids is 1. The molecule has 3 heterocycles. The van der Waals surface area contributed by atoms with Crippen molar-refractivity contribution in [2.75, 3.05) is 59.7 Å². The van der Waals surface area contributed by atoms with Gasteiger partial charge in [0.25, 0.3) is 5.91 Å². The van der Waals surface area contributed by atoms with Crippen LogP contribution in [0.5, 0.6) is 17.2 Å². The Bertz CT molecular complexity index is 1870. The van der Waals surface area contributed by atoms with Gasteiger partial charge in [-0.2, -0.15) is 0 Å². The molecule has 1 N–H and O–H groups in total. The number of thiocarbonyl (C=S) groups is 1. The van der Waals surface area contributed by atoms with Gasteiger partial charge in [-0.3, -0.25) is 14.6 Å². The summed E-state index contributed by atoms with van der Waals surface area (Å²) in [5.74, 6) is 0.383. The third kappa shape index (κ3) is 8.01. The molecule has 2 fully saturated rings. The molecule has 0 unspecified atom stereocenters. The number of aromatic carboxylic acids is 1. The fourth-order valence-corrected chi connectivity index (χ4v) is 7.82. The number of aryl methyl sites for hydroxylation is 1. The first-order chi connectivity index (χ1) is 23.3. The van der Waals surface area contributed by atoms with E-state index < -0.39 is 5.97 Å². The number of fused-ring (bicyclic) bond motifs is 1. The van der Waals surface area contributed by atoms with Crippen molar-refractivity contribution < 1.29 is 33.6 Å². The third-order valence-electron chi connectivity index (χ3n) is 8.09. The van der Waals surface area contributed by atoms with Crippen molar-refractivity contribution in [2.24, 2.45) is 0 Å². The number of carboxylic acids is 1. The highest BCUT2D eigenvalue weighted by atomic mass is 32.2. The fraction of sp³-hybridized carbons (Fsp3) is 0.306. The van der Waals surface area contributed by atoms with Gasteiger partial charge in [0, 0.05) is 41.3 Å². The average molecular weight is 705 g/mol. The van der Waals surface area contributed by atoms with Crippen LogP contribution in [0.1, 0.15) is 27.2 Å². The highest BCUT2D eigenvalue weighted by Crippen LogP contribution is 2.38. The van der Waals surface area contributed by atoms with Gasteiger partial charge in [0.05, 0.1) is 37.4 Å². The van der Waals surface area contributed by atoms with E-state index in [0.29, 0.717) is 46.9 Å². The number of rotatable bonds is 13. The molecule has 2 aliphatic rings. The number of ether oxygens (including phenoxy) is 4. The number of amides is 1. The molecule has 0 spiro atoms. The summed E-state index contributed by atoms with van der Waals surface area (Å²) >= 11 is 8.65. The van der Waals surface area contributed by atoms with Gasteiger partial charge in [-0.25, -0.2) is 4.79 Å². The molecule has 0 radical (unpaired) electrons. The van der Waals surface area contributed by atoms with E-state index >= 15 is 0 Å². The van der Waals surface area contributed by atoms with Crippen LogP contribution in [0, 0.1) is 6.92 Å². The van der Waals surface area contributed by atoms with E-state index in [0.717, 1.165) is 55.3 Å². The summed E-state index contributed by atoms with van der Waals surface area (Å²) < 4.78 is 24.7. The Morgan fingerprint density at radius 1 is 0.979 bits per heavy atom. The normalized spacial score (nSPS) is 16.2. The van der Waals surface area contributed by atoms with Gasteiger partial charge in [-0.15, -0.1) is 11.3 Å². The Kier molecular flexibility index (Phi) is 11.0. The summed E-state index contributed by atoms with van der Waals surface area (Å²) in [6.45, 7) is 7.51. The van der Waals surface area contributed by atoms with Crippen LogP contribution < -0.4 is 14.2 Å². The summed E-state index contributed by atoms with van der Waals surface area (Å²) in [4.78, 5) is 30.5. The molecule has 1 aromatic heterocycles. The van der Waals surface area contributed by atoms with E-state index in [2.05, 4.69) is 42.2 Å². The van der Waals surface area contributed by atoms with E-state index in [9.17, 15) is 14.7 Å². The van der Waals surface area contributed by atoms with Crippen molar-refractivity contribution in [3.63, 3.8) is 0 Å². The quantitative estimate of drug-likeness (QED) is 0.0894. The van der Waals surface area contributed by atoms with Gasteiger partial charge in [-0.1, -0.05) is 36.1 Å². The molecule has 12 heteroatoms. The van der Waals surface area contributed by atoms with Gasteiger partial charge in [-0.05, 0) is 84.5 Å². The molecule has 2 saturated heterocycles. The van der Waals surface area contributed by atoms with Crippen LogP contribution in [0.15, 0.2) is 65.6 Å². The molecule has 0 saturated carbocycles. The van der Waals surface area contributed by atoms with Gasteiger partial charge >= 0.3 is 5.97 Å². The smallest absolute Gasteiger partial charge is 0.335 e. The lowest BCUT2D eigenvalue weighted by atomic mass is 10.0. The summed E-state index contributed by atoms with van der Waals surface area (Å²) in [5, 5.41) is 10.4. The summed E-state index contributed by atoms with van der Waals surface area (Å²) in [5.41, 5.74) is 3.02. The molecule has 9 nitrogen and oxygen atoms in total. The Morgan fingerprint density at radius 3 is 2.56 bits per heavy atom. The van der Waals surface area contributed by atoms with Crippen molar-refractivity contribution in [1.82, 2.24) is 9.80 Å². The number of methoxy groups -OCH3 is 1. The van der Waals surface area contributed by atoms with Crippen LogP contribution in [-0.2, 0) is 9.53 Å². The number of nitrogens with zero attached hydrogens (tertiary/aromatic N) is 2. The van der Waals surface area contributed by atoms with E-state index in [1.165, 1.54) is 46.0 Å². The molecule has 3 aromatic carbocycles. The Balaban J connectivity index is 1.15. The molecule has 0 atom stereocenters. The average Bonchev–Trinajstić information content (AvgIpc) is 3.59. The molecule has 6 rings (SSSR count). The second kappa shape index (κ2) is 15.5. The predicted octanol–water partition coefficient (Wildman–Crippen LogP) is 6.96. The predicted molar refractivity (Wildman–Crippen MR) is 195 cm³/mol. The SMILES string of the molecule is COc1cc(C(=O)O)ccc1OCCCN1C(=O)C(=Cc2ccc(OCCN3CCOCC3)c(-c3ccc4sc(C)cc4c3)c2)SC1=S. The van der Waals surface area contributed by atoms with Crippen LogP contribution in [0.2, 0.25) is 0 Å². The number of thiophene rings is 1. The van der Waals surface area contributed by atoms with Crippen LogP contribution >= 0.6 is 35.3 Å². The number of carboxylic acid groups (broad SMARTS) is 1. The molecular formula is C36H36N2O7S3. The highest BCUT2D eigenvalue weighted by molar-refractivity contribution is 8.26. The molecule has 48 heavy (non-hydrogen) atoms. The Hall–Kier alpha value is -3.94. The van der Waals surface area contributed by atoms with Crippen molar-refractivity contribution in [1.29, 1.82) is 0 Å². The highest BCUT2D eigenvalue weighted by Gasteiger charge is 2.31. The molecule has 2 aliphatic heterocycles. The largest absolute Gasteiger partial charge is 0.493 e. The lowest BCUT2D eigenvalue weighted by molar-refractivity contribution is -0.122. The van der Waals surface area contributed by atoms with Gasteiger partial charge in [0.1, 0.15) is 16.7 Å². The maximum Gasteiger partial charge on any atom is 0.335 e. The monoisotopic (exact) mass is 704 g/mol. The first-order valence-electron chi connectivity index (χ1n) is 15.7. The topological polar surface area (TPSA) is 97.8 Å². The molecule has 0 bridgehead atoms. The number of carbonyl (C=O) groups is 2. The summed E-state index contributed by atoms with van der Waals surface area (Å²) in [7, 11) is 1.46. The number of hydrogen-bond donors (Lipinski definition) is 1. The Morgan fingerprint density at radius 2 is 1.77 bits per heavy atom. The second-order valence-corrected chi connectivity index (χ2v) is 14.3. The lowest BCUT2D eigenvalue weighted by Crippen LogP contribution is -2.38. The lowest BCUT2D eigenvalue weighted by Gasteiger charge is -2.26. The maximum absolute atomic E-state index is 13.4. The van der Waals surface area contributed by atoms with E-state index in [1.54, 1.807) is 22.3 Å². The number of thioether (sulfide) groups is 1. The van der Waals surface area contributed by atoms with Gasteiger partial charge in [0.2, 0.25) is 0 Å².